The van der Waals surface area contributed by atoms with Gasteiger partial charge < -0.3 is 4.65 Å². The second-order valence-corrected chi connectivity index (χ2v) is 3.54. The number of rotatable bonds is 3. The van der Waals surface area contributed by atoms with E-state index in [0.29, 0.717) is 17.0 Å². The third-order valence-corrected chi connectivity index (χ3v) is 2.41. The zero-order valence-electron chi connectivity index (χ0n) is 9.58. The smallest absolute Gasteiger partial charge is 0.374 e. The number of nitriles is 1. The highest BCUT2D eigenvalue weighted by Gasteiger charge is 1.99. The van der Waals surface area contributed by atoms with E-state index in [1.54, 1.807) is 30.5 Å². The van der Waals surface area contributed by atoms with Crippen LogP contribution in [-0.2, 0) is 0 Å². The van der Waals surface area contributed by atoms with E-state index in [1.807, 2.05) is 24.3 Å². The maximum atomic E-state index is 8.95. The first-order chi connectivity index (χ1) is 8.85. The Labute approximate surface area is 107 Å². The average Bonchev–Trinajstić information content (AvgIpc) is 2.45. The Kier molecular flexibility index (Phi) is 3.77. The van der Waals surface area contributed by atoms with Crippen molar-refractivity contribution in [1.82, 2.24) is 0 Å². The fourth-order valence-corrected chi connectivity index (χ4v) is 1.51. The lowest BCUT2D eigenvalue weighted by Crippen LogP contribution is -1.91. The Bertz CT molecular complexity index is 617. The number of hydrogen-bond acceptors (Lipinski definition) is 3. The lowest BCUT2D eigenvalue weighted by atomic mass is 10.2. The first-order valence-electron chi connectivity index (χ1n) is 5.34. The van der Waals surface area contributed by atoms with Crippen LogP contribution in [0, 0.1) is 11.3 Å². The van der Waals surface area contributed by atoms with E-state index in [4.69, 9.17) is 18.0 Å². The summed E-state index contributed by atoms with van der Waals surface area (Å²) in [6.07, 6.45) is 1.62. The summed E-state index contributed by atoms with van der Waals surface area (Å²) in [5.74, 6) is 0.538. The number of para-hydroxylation sites is 2. The van der Waals surface area contributed by atoms with E-state index < -0.39 is 0 Å². The van der Waals surface area contributed by atoms with Gasteiger partial charge in [-0.1, -0.05) is 24.3 Å². The molecule has 84 valence electrons. The highest BCUT2D eigenvalue weighted by molar-refractivity contribution is 6.01. The van der Waals surface area contributed by atoms with Gasteiger partial charge >= 0.3 is 8.05 Å². The summed E-state index contributed by atoms with van der Waals surface area (Å²) in [5, 5.41) is 8.95. The average molecular weight is 232 g/mol. The Balaban J connectivity index is 2.34. The van der Waals surface area contributed by atoms with Gasteiger partial charge in [-0.25, -0.2) is 0 Å². The first kappa shape index (κ1) is 11.9. The largest absolute Gasteiger partial charge is 0.567 e. The quantitative estimate of drug-likeness (QED) is 0.603. The normalized spacial score (nSPS) is 10.2. The third kappa shape index (κ3) is 2.58. The van der Waals surface area contributed by atoms with Crippen molar-refractivity contribution in [3.8, 4) is 11.8 Å². The van der Waals surface area contributed by atoms with Gasteiger partial charge in [-0.15, -0.1) is 0 Å². The van der Waals surface area contributed by atoms with Gasteiger partial charge in [0.15, 0.2) is 0 Å². The zero-order chi connectivity index (χ0) is 12.8. The molecule has 2 aromatic carbocycles. The zero-order valence-corrected chi connectivity index (χ0v) is 9.58. The van der Waals surface area contributed by atoms with E-state index in [9.17, 15) is 0 Å². The predicted molar refractivity (Wildman–Crippen MR) is 71.2 cm³/mol. The summed E-state index contributed by atoms with van der Waals surface area (Å²) >= 11 is 0. The highest BCUT2D eigenvalue weighted by Crippen LogP contribution is 2.19. The minimum absolute atomic E-state index is 0.528. The van der Waals surface area contributed by atoms with E-state index in [1.165, 1.54) is 0 Å². The molecule has 0 aliphatic heterocycles. The van der Waals surface area contributed by atoms with Gasteiger partial charge in [0, 0.05) is 11.8 Å². The summed E-state index contributed by atoms with van der Waals surface area (Å²) in [6, 6.07) is 16.5. The van der Waals surface area contributed by atoms with Crippen LogP contribution >= 0.6 is 0 Å². The number of nitrogens with zero attached hydrogens (tertiary/aromatic N) is 2. The molecule has 18 heavy (non-hydrogen) atoms. The highest BCUT2D eigenvalue weighted by atomic mass is 16.4. The lowest BCUT2D eigenvalue weighted by molar-refractivity contribution is 0.615. The topological polar surface area (TPSA) is 45.4 Å². The number of hydrogen-bond donors (Lipinski definition) is 0. The van der Waals surface area contributed by atoms with Crippen LogP contribution in [0.2, 0.25) is 0 Å². The van der Waals surface area contributed by atoms with Crippen LogP contribution in [0.25, 0.3) is 0 Å². The molecule has 0 unspecified atom stereocenters. The fraction of sp³-hybridized carbons (Fsp3) is 0. The van der Waals surface area contributed by atoms with Crippen LogP contribution in [0.4, 0.5) is 5.69 Å². The molecule has 3 nitrogen and oxygen atoms in total. The van der Waals surface area contributed by atoms with Crippen LogP contribution in [0.1, 0.15) is 11.1 Å². The monoisotopic (exact) mass is 232 g/mol. The molecular weight excluding hydrogens is 223 g/mol. The minimum Gasteiger partial charge on any atom is -0.567 e. The molecule has 0 atom stereocenters. The van der Waals surface area contributed by atoms with Crippen molar-refractivity contribution < 1.29 is 4.65 Å². The molecule has 2 radical (unpaired) electrons. The fourth-order valence-electron chi connectivity index (χ4n) is 1.51. The predicted octanol–water partition coefficient (Wildman–Crippen LogP) is 2.77. The van der Waals surface area contributed by atoms with Crippen molar-refractivity contribution in [2.45, 2.75) is 0 Å². The number of aliphatic imine (C=N–C) groups is 1. The molecule has 0 aromatic heterocycles. The Morgan fingerprint density at radius 2 is 1.83 bits per heavy atom. The van der Waals surface area contributed by atoms with Gasteiger partial charge in [0.05, 0.1) is 11.3 Å². The molecule has 0 saturated carbocycles. The van der Waals surface area contributed by atoms with Crippen LogP contribution in [0.15, 0.2) is 53.5 Å². The van der Waals surface area contributed by atoms with Gasteiger partial charge in [-0.3, -0.25) is 4.99 Å². The van der Waals surface area contributed by atoms with E-state index in [-0.39, 0.29) is 0 Å². The Morgan fingerprint density at radius 3 is 2.61 bits per heavy atom. The van der Waals surface area contributed by atoms with Crippen molar-refractivity contribution in [3.05, 3.63) is 59.7 Å². The van der Waals surface area contributed by atoms with E-state index >= 15 is 0 Å². The molecule has 0 amide bonds. The van der Waals surface area contributed by atoms with Crippen LogP contribution in [0.3, 0.4) is 0 Å². The van der Waals surface area contributed by atoms with E-state index in [0.717, 1.165) is 5.56 Å². The molecule has 4 heteroatoms. The van der Waals surface area contributed by atoms with Gasteiger partial charge in [-0.2, -0.15) is 5.26 Å². The van der Waals surface area contributed by atoms with Gasteiger partial charge in [-0.05, 0) is 24.3 Å². The first-order valence-corrected chi connectivity index (χ1v) is 5.34. The molecule has 0 fully saturated rings. The molecule has 2 rings (SSSR count). The maximum absolute atomic E-state index is 8.95. The van der Waals surface area contributed by atoms with Crippen molar-refractivity contribution >= 4 is 20.0 Å². The summed E-state index contributed by atoms with van der Waals surface area (Å²) in [6.45, 7) is 0. The standard InChI is InChI=1S/C14H9BN2O/c15-18-14-8-4-2-6-12(14)10-17-13-7-3-1-5-11(13)9-16/h1-8,10H. The molecule has 0 N–H and O–H groups in total. The Hall–Kier alpha value is -2.54. The minimum atomic E-state index is 0.528. The van der Waals surface area contributed by atoms with Crippen molar-refractivity contribution in [1.29, 1.82) is 5.26 Å². The summed E-state index contributed by atoms with van der Waals surface area (Å²) in [4.78, 5) is 4.27. The van der Waals surface area contributed by atoms with Crippen LogP contribution < -0.4 is 4.65 Å². The second kappa shape index (κ2) is 5.69. The molecule has 0 saturated heterocycles. The van der Waals surface area contributed by atoms with Crippen LogP contribution in [0.5, 0.6) is 5.75 Å². The summed E-state index contributed by atoms with van der Waals surface area (Å²) in [5.41, 5.74) is 1.90. The molecule has 2 aromatic rings. The number of benzene rings is 2. The molecular formula is C14H9BN2O. The maximum Gasteiger partial charge on any atom is 0.374 e. The molecule has 0 bridgehead atoms. The molecule has 0 aliphatic rings. The summed E-state index contributed by atoms with van der Waals surface area (Å²) < 4.78 is 4.73. The van der Waals surface area contributed by atoms with E-state index in [2.05, 4.69) is 11.1 Å². The lowest BCUT2D eigenvalue weighted by Gasteiger charge is -2.03. The van der Waals surface area contributed by atoms with Crippen molar-refractivity contribution in [3.63, 3.8) is 0 Å². The summed E-state index contributed by atoms with van der Waals surface area (Å²) in [7, 11) is 5.16. The van der Waals surface area contributed by atoms with Crippen molar-refractivity contribution in [2.75, 3.05) is 0 Å². The third-order valence-electron chi connectivity index (χ3n) is 2.41. The van der Waals surface area contributed by atoms with Crippen LogP contribution in [-0.4, -0.2) is 14.3 Å². The molecule has 0 spiro atoms. The Morgan fingerprint density at radius 1 is 1.11 bits per heavy atom. The van der Waals surface area contributed by atoms with Gasteiger partial charge in [0.25, 0.3) is 0 Å². The molecule has 0 aliphatic carbocycles. The SMILES string of the molecule is [B]Oc1ccccc1C=Nc1ccccc1C#N. The van der Waals surface area contributed by atoms with Crippen molar-refractivity contribution in [2.24, 2.45) is 4.99 Å². The van der Waals surface area contributed by atoms with Gasteiger partial charge in [0.2, 0.25) is 0 Å². The van der Waals surface area contributed by atoms with Gasteiger partial charge in [0.1, 0.15) is 11.8 Å². The molecule has 0 heterocycles. The second-order valence-electron chi connectivity index (χ2n) is 3.54.